The summed E-state index contributed by atoms with van der Waals surface area (Å²) in [6, 6.07) is -1.31. The van der Waals surface area contributed by atoms with E-state index in [0.717, 1.165) is 44.9 Å². The van der Waals surface area contributed by atoms with Crippen molar-refractivity contribution in [3.05, 3.63) is 0 Å². The van der Waals surface area contributed by atoms with Gasteiger partial charge in [0, 0.05) is 71.6 Å². The predicted octanol–water partition coefficient (Wildman–Crippen LogP) is 2.71. The minimum Gasteiger partial charge on any atom is -0.481 e. The van der Waals surface area contributed by atoms with Gasteiger partial charge in [0.15, 0.2) is 0 Å². The quantitative estimate of drug-likeness (QED) is 0.0617. The standard InChI is InChI=1S/C31H55N3O11/c1-31(2,3)45-29(40)13-7-5-4-6-12-25(35)32-18-10-22-43-20-8-9-21-44-23-11-19-33-26(36)15-16-27(37)34-24(30(41)42)14-17-28(38)39/h24H,4-23H2,1-3H3,(H,32,35)(H,33,36)(H,34,37)(H,38,39)(H,41,42). The minimum absolute atomic E-state index is 0.0312. The van der Waals surface area contributed by atoms with E-state index in [9.17, 15) is 28.8 Å². The molecule has 0 heterocycles. The van der Waals surface area contributed by atoms with Crippen molar-refractivity contribution in [2.75, 3.05) is 39.5 Å². The Bertz CT molecular complexity index is 890. The zero-order chi connectivity index (χ0) is 33.9. The number of carbonyl (C=O) groups is 6. The lowest BCUT2D eigenvalue weighted by Gasteiger charge is -2.19. The fourth-order valence-electron chi connectivity index (χ4n) is 3.91. The van der Waals surface area contributed by atoms with Crippen LogP contribution in [0.1, 0.15) is 111 Å². The number of ether oxygens (including phenoxy) is 3. The summed E-state index contributed by atoms with van der Waals surface area (Å²) in [6.07, 6.45) is 6.35. The van der Waals surface area contributed by atoms with Crippen LogP contribution in [0.4, 0.5) is 0 Å². The molecule has 0 aromatic heterocycles. The molecule has 1 atom stereocenters. The van der Waals surface area contributed by atoms with Gasteiger partial charge in [0.2, 0.25) is 17.7 Å². The van der Waals surface area contributed by atoms with Crippen LogP contribution >= 0.6 is 0 Å². The first-order valence-corrected chi connectivity index (χ1v) is 15.9. The summed E-state index contributed by atoms with van der Waals surface area (Å²) in [4.78, 5) is 69.0. The number of unbranched alkanes of at least 4 members (excludes halogenated alkanes) is 4. The molecule has 0 aliphatic heterocycles. The van der Waals surface area contributed by atoms with E-state index in [2.05, 4.69) is 16.0 Å². The molecule has 1 unspecified atom stereocenters. The van der Waals surface area contributed by atoms with E-state index in [1.54, 1.807) is 0 Å². The van der Waals surface area contributed by atoms with Crippen LogP contribution in [0.5, 0.6) is 0 Å². The molecule has 0 aliphatic rings. The van der Waals surface area contributed by atoms with Crippen LogP contribution < -0.4 is 16.0 Å². The number of esters is 1. The van der Waals surface area contributed by atoms with Crippen molar-refractivity contribution in [1.82, 2.24) is 16.0 Å². The second kappa shape index (κ2) is 26.0. The largest absolute Gasteiger partial charge is 0.481 e. The Morgan fingerprint density at radius 2 is 1.09 bits per heavy atom. The van der Waals surface area contributed by atoms with Crippen molar-refractivity contribution in [1.29, 1.82) is 0 Å². The van der Waals surface area contributed by atoms with Crippen LogP contribution in [0.3, 0.4) is 0 Å². The van der Waals surface area contributed by atoms with Gasteiger partial charge in [-0.1, -0.05) is 12.8 Å². The predicted molar refractivity (Wildman–Crippen MR) is 165 cm³/mol. The summed E-state index contributed by atoms with van der Waals surface area (Å²) in [7, 11) is 0. The number of carboxylic acid groups (broad SMARTS) is 2. The van der Waals surface area contributed by atoms with Gasteiger partial charge < -0.3 is 40.4 Å². The molecule has 14 heteroatoms. The molecule has 14 nitrogen and oxygen atoms in total. The van der Waals surface area contributed by atoms with Crippen LogP contribution in [0.25, 0.3) is 0 Å². The summed E-state index contributed by atoms with van der Waals surface area (Å²) in [6.45, 7) is 8.73. The number of aliphatic carboxylic acids is 2. The van der Waals surface area contributed by atoms with E-state index >= 15 is 0 Å². The summed E-state index contributed by atoms with van der Waals surface area (Å²) >= 11 is 0. The third kappa shape index (κ3) is 29.2. The number of hydrogen-bond acceptors (Lipinski definition) is 9. The van der Waals surface area contributed by atoms with Crippen LogP contribution in [0, 0.1) is 0 Å². The van der Waals surface area contributed by atoms with Crippen LogP contribution in [-0.2, 0) is 43.0 Å². The Kier molecular flexibility index (Phi) is 24.1. The zero-order valence-electron chi connectivity index (χ0n) is 27.3. The van der Waals surface area contributed by atoms with Crippen LogP contribution in [0.2, 0.25) is 0 Å². The van der Waals surface area contributed by atoms with Gasteiger partial charge in [0.25, 0.3) is 0 Å². The van der Waals surface area contributed by atoms with Crippen molar-refractivity contribution in [3.63, 3.8) is 0 Å². The Morgan fingerprint density at radius 1 is 0.600 bits per heavy atom. The molecule has 0 radical (unpaired) electrons. The zero-order valence-corrected chi connectivity index (χ0v) is 27.3. The molecule has 0 aromatic rings. The van der Waals surface area contributed by atoms with E-state index in [1.807, 2.05) is 20.8 Å². The lowest BCUT2D eigenvalue weighted by molar-refractivity contribution is -0.155. The lowest BCUT2D eigenvalue weighted by Crippen LogP contribution is -2.41. The highest BCUT2D eigenvalue weighted by atomic mass is 16.6. The van der Waals surface area contributed by atoms with Crippen molar-refractivity contribution in [2.24, 2.45) is 0 Å². The van der Waals surface area contributed by atoms with Crippen molar-refractivity contribution < 1.29 is 53.2 Å². The van der Waals surface area contributed by atoms with Gasteiger partial charge in [0.05, 0.1) is 0 Å². The second-order valence-corrected chi connectivity index (χ2v) is 11.7. The fourth-order valence-corrected chi connectivity index (χ4v) is 3.91. The van der Waals surface area contributed by atoms with Gasteiger partial charge >= 0.3 is 17.9 Å². The highest BCUT2D eigenvalue weighted by Gasteiger charge is 2.21. The maximum absolute atomic E-state index is 11.9. The number of amides is 3. The number of rotatable bonds is 28. The topological polar surface area (TPSA) is 207 Å². The average Bonchev–Trinajstić information content (AvgIpc) is 2.94. The molecule has 0 aromatic carbocycles. The van der Waals surface area contributed by atoms with Crippen LogP contribution in [-0.4, -0.2) is 97.0 Å². The van der Waals surface area contributed by atoms with E-state index < -0.39 is 29.5 Å². The van der Waals surface area contributed by atoms with E-state index in [0.29, 0.717) is 58.8 Å². The minimum atomic E-state index is -1.33. The first-order valence-electron chi connectivity index (χ1n) is 15.9. The van der Waals surface area contributed by atoms with Crippen LogP contribution in [0.15, 0.2) is 0 Å². The van der Waals surface area contributed by atoms with Gasteiger partial charge in [-0.05, 0) is 65.7 Å². The highest BCUT2D eigenvalue weighted by Crippen LogP contribution is 2.11. The number of carbonyl (C=O) groups excluding carboxylic acids is 4. The van der Waals surface area contributed by atoms with Gasteiger partial charge in [-0.3, -0.25) is 24.0 Å². The number of nitrogens with one attached hydrogen (secondary N) is 3. The summed E-state index contributed by atoms with van der Waals surface area (Å²) in [5.41, 5.74) is -0.454. The van der Waals surface area contributed by atoms with Crippen molar-refractivity contribution >= 4 is 35.6 Å². The molecule has 0 aliphatic carbocycles. The molecule has 0 fully saturated rings. The molecule has 0 saturated carbocycles. The van der Waals surface area contributed by atoms with Gasteiger partial charge in [0.1, 0.15) is 11.6 Å². The molecule has 0 saturated heterocycles. The second-order valence-electron chi connectivity index (χ2n) is 11.7. The summed E-state index contributed by atoms with van der Waals surface area (Å²) in [5, 5.41) is 25.5. The highest BCUT2D eigenvalue weighted by molar-refractivity contribution is 5.87. The smallest absolute Gasteiger partial charge is 0.326 e. The lowest BCUT2D eigenvalue weighted by atomic mass is 10.1. The fraction of sp³-hybridized carbons (Fsp3) is 0.806. The molecule has 5 N–H and O–H groups in total. The first kappa shape index (κ1) is 41.7. The normalized spacial score (nSPS) is 11.8. The van der Waals surface area contributed by atoms with E-state index in [-0.39, 0.29) is 43.5 Å². The van der Waals surface area contributed by atoms with E-state index in [1.165, 1.54) is 0 Å². The monoisotopic (exact) mass is 645 g/mol. The average molecular weight is 646 g/mol. The SMILES string of the molecule is CC(C)(C)OC(=O)CCCCCCC(=O)NCCCOCCCCOCCCNC(=O)CCC(=O)NC(CCC(=O)O)C(=O)O. The molecule has 0 rings (SSSR count). The maximum Gasteiger partial charge on any atom is 0.326 e. The molecule has 0 bridgehead atoms. The Morgan fingerprint density at radius 3 is 1.60 bits per heavy atom. The first-order chi connectivity index (χ1) is 21.3. The molecule has 45 heavy (non-hydrogen) atoms. The summed E-state index contributed by atoms with van der Waals surface area (Å²) < 4.78 is 16.4. The molecular formula is C31H55N3O11. The Labute approximate surface area is 266 Å². The summed E-state index contributed by atoms with van der Waals surface area (Å²) in [5.74, 6) is -3.61. The van der Waals surface area contributed by atoms with Crippen molar-refractivity contribution in [3.8, 4) is 0 Å². The third-order valence-corrected chi connectivity index (χ3v) is 6.22. The molecule has 3 amide bonds. The van der Waals surface area contributed by atoms with Gasteiger partial charge in [-0.15, -0.1) is 0 Å². The van der Waals surface area contributed by atoms with E-state index in [4.69, 9.17) is 24.4 Å². The Hall–Kier alpha value is -3.26. The molecule has 260 valence electrons. The number of hydrogen-bond donors (Lipinski definition) is 5. The Balaban J connectivity index is 3.52. The number of carboxylic acids is 2. The van der Waals surface area contributed by atoms with Gasteiger partial charge in [-0.25, -0.2) is 4.79 Å². The molecular weight excluding hydrogens is 590 g/mol. The molecule has 0 spiro atoms. The third-order valence-electron chi connectivity index (χ3n) is 6.22. The van der Waals surface area contributed by atoms with Crippen molar-refractivity contribution in [2.45, 2.75) is 122 Å². The van der Waals surface area contributed by atoms with Gasteiger partial charge in [-0.2, -0.15) is 0 Å². The maximum atomic E-state index is 11.9.